The van der Waals surface area contributed by atoms with Crippen molar-refractivity contribution >= 4 is 11.6 Å². The van der Waals surface area contributed by atoms with Crippen molar-refractivity contribution in [2.45, 2.75) is 45.6 Å². The van der Waals surface area contributed by atoms with Gasteiger partial charge in [-0.1, -0.05) is 49.2 Å². The Morgan fingerprint density at radius 1 is 1.03 bits per heavy atom. The fourth-order valence-electron chi connectivity index (χ4n) is 4.31. The van der Waals surface area contributed by atoms with Crippen LogP contribution in [0.15, 0.2) is 48.7 Å². The molecule has 1 aliphatic heterocycles. The first kappa shape index (κ1) is 20.6. The van der Waals surface area contributed by atoms with E-state index in [0.717, 1.165) is 43.0 Å². The van der Waals surface area contributed by atoms with E-state index in [-0.39, 0.29) is 5.91 Å². The molecule has 1 aliphatic rings. The van der Waals surface area contributed by atoms with Gasteiger partial charge in [-0.15, -0.1) is 0 Å². The van der Waals surface area contributed by atoms with E-state index >= 15 is 0 Å². The maximum absolute atomic E-state index is 13.4. The van der Waals surface area contributed by atoms with Gasteiger partial charge < -0.3 is 9.30 Å². The number of aryl methyl sites for hydroxylation is 1. The van der Waals surface area contributed by atoms with Crippen molar-refractivity contribution in [3.05, 3.63) is 71.2 Å². The predicted octanol–water partition coefficient (Wildman–Crippen LogP) is 4.33. The zero-order valence-corrected chi connectivity index (χ0v) is 18.2. The summed E-state index contributed by atoms with van der Waals surface area (Å²) in [7, 11) is 1.89. The van der Waals surface area contributed by atoms with Crippen molar-refractivity contribution in [2.24, 2.45) is 0 Å². The summed E-state index contributed by atoms with van der Waals surface area (Å²) < 4.78 is 2.12. The molecule has 0 atom stereocenters. The van der Waals surface area contributed by atoms with Crippen LogP contribution < -0.4 is 0 Å². The van der Waals surface area contributed by atoms with Crippen molar-refractivity contribution in [2.75, 3.05) is 26.7 Å². The highest BCUT2D eigenvalue weighted by Gasteiger charge is 2.24. The van der Waals surface area contributed by atoms with Crippen LogP contribution in [0.5, 0.6) is 0 Å². The summed E-state index contributed by atoms with van der Waals surface area (Å²) in [4.78, 5) is 22.5. The average Bonchev–Trinajstić information content (AvgIpc) is 2.94. The summed E-state index contributed by atoms with van der Waals surface area (Å²) in [5, 5.41) is 0. The van der Waals surface area contributed by atoms with Gasteiger partial charge in [0, 0.05) is 26.3 Å². The molecule has 3 heterocycles. The highest BCUT2D eigenvalue weighted by molar-refractivity contribution is 5.94. The van der Waals surface area contributed by atoms with Gasteiger partial charge in [-0.3, -0.25) is 9.69 Å². The Labute approximate surface area is 179 Å². The number of aromatic nitrogens is 2. The second kappa shape index (κ2) is 9.43. The van der Waals surface area contributed by atoms with E-state index in [1.807, 2.05) is 42.4 Å². The Bertz CT molecular complexity index is 987. The smallest absolute Gasteiger partial charge is 0.274 e. The molecule has 1 saturated heterocycles. The minimum Gasteiger partial charge on any atom is -0.340 e. The monoisotopic (exact) mass is 404 g/mol. The zero-order valence-electron chi connectivity index (χ0n) is 18.2. The molecule has 0 radical (unpaired) electrons. The van der Waals surface area contributed by atoms with Crippen LogP contribution in [0, 0.1) is 6.92 Å². The summed E-state index contributed by atoms with van der Waals surface area (Å²) in [5.74, 6) is 0.0128. The third-order valence-electron chi connectivity index (χ3n) is 6.14. The number of hydrogen-bond acceptors (Lipinski definition) is 3. The molecule has 1 amide bonds. The van der Waals surface area contributed by atoms with Crippen molar-refractivity contribution < 1.29 is 4.79 Å². The largest absolute Gasteiger partial charge is 0.340 e. The molecular formula is C25H32N4O. The number of nitrogens with zero attached hydrogens (tertiary/aromatic N) is 4. The lowest BCUT2D eigenvalue weighted by Crippen LogP contribution is -2.31. The van der Waals surface area contributed by atoms with Gasteiger partial charge in [0.2, 0.25) is 0 Å². The molecule has 5 nitrogen and oxygen atoms in total. The van der Waals surface area contributed by atoms with Crippen LogP contribution in [0.4, 0.5) is 0 Å². The third kappa shape index (κ3) is 4.57. The second-order valence-corrected chi connectivity index (χ2v) is 8.44. The van der Waals surface area contributed by atoms with Gasteiger partial charge >= 0.3 is 0 Å². The highest BCUT2D eigenvalue weighted by atomic mass is 16.2. The van der Waals surface area contributed by atoms with E-state index in [1.54, 1.807) is 0 Å². The molecule has 0 unspecified atom stereocenters. The Kier molecular flexibility index (Phi) is 6.48. The van der Waals surface area contributed by atoms with Gasteiger partial charge in [0.1, 0.15) is 5.65 Å². The maximum Gasteiger partial charge on any atom is 0.274 e. The molecule has 1 fully saturated rings. The van der Waals surface area contributed by atoms with Crippen LogP contribution in [0.1, 0.15) is 53.0 Å². The van der Waals surface area contributed by atoms with Crippen molar-refractivity contribution in [3.8, 4) is 0 Å². The van der Waals surface area contributed by atoms with Crippen LogP contribution in [-0.2, 0) is 13.0 Å². The lowest BCUT2D eigenvalue weighted by atomic mass is 10.1. The number of likely N-dealkylation sites (tertiary alicyclic amines) is 1. The Balaban J connectivity index is 1.59. The molecule has 3 aromatic rings. The third-order valence-corrected chi connectivity index (χ3v) is 6.14. The molecule has 0 saturated carbocycles. The van der Waals surface area contributed by atoms with E-state index in [1.165, 1.54) is 31.2 Å². The summed E-state index contributed by atoms with van der Waals surface area (Å²) in [6, 6.07) is 14.4. The predicted molar refractivity (Wildman–Crippen MR) is 121 cm³/mol. The number of rotatable bonds is 6. The van der Waals surface area contributed by atoms with Gasteiger partial charge in [-0.05, 0) is 56.5 Å². The summed E-state index contributed by atoms with van der Waals surface area (Å²) in [6.45, 7) is 5.70. The number of pyridine rings is 1. The number of imidazole rings is 1. The van der Waals surface area contributed by atoms with E-state index in [9.17, 15) is 4.79 Å². The van der Waals surface area contributed by atoms with Crippen LogP contribution in [0.3, 0.4) is 0 Å². The highest BCUT2D eigenvalue weighted by Crippen LogP contribution is 2.21. The summed E-state index contributed by atoms with van der Waals surface area (Å²) in [6.07, 6.45) is 7.96. The summed E-state index contributed by atoms with van der Waals surface area (Å²) >= 11 is 0. The van der Waals surface area contributed by atoms with Gasteiger partial charge in [0.05, 0.1) is 5.69 Å². The number of carbonyl (C=O) groups excluding carboxylic acids is 1. The molecule has 0 spiro atoms. The Hall–Kier alpha value is -2.66. The van der Waals surface area contributed by atoms with Gasteiger partial charge in [-0.25, -0.2) is 4.98 Å². The Morgan fingerprint density at radius 3 is 2.50 bits per heavy atom. The molecule has 0 N–H and O–H groups in total. The van der Waals surface area contributed by atoms with Crippen LogP contribution in [0.2, 0.25) is 0 Å². The fraction of sp³-hybridized carbons (Fsp3) is 0.440. The normalized spacial score (nSPS) is 15.3. The number of amides is 1. The Morgan fingerprint density at radius 2 is 1.77 bits per heavy atom. The van der Waals surface area contributed by atoms with Gasteiger partial charge in [0.25, 0.3) is 5.91 Å². The molecule has 1 aromatic carbocycles. The molecule has 4 rings (SSSR count). The summed E-state index contributed by atoms with van der Waals surface area (Å²) in [5.41, 5.74) is 4.85. The van der Waals surface area contributed by atoms with E-state index in [0.29, 0.717) is 12.2 Å². The maximum atomic E-state index is 13.4. The average molecular weight is 405 g/mol. The molecule has 30 heavy (non-hydrogen) atoms. The first-order valence-electron chi connectivity index (χ1n) is 11.1. The van der Waals surface area contributed by atoms with E-state index in [4.69, 9.17) is 4.98 Å². The zero-order chi connectivity index (χ0) is 20.9. The molecule has 158 valence electrons. The fourth-order valence-corrected chi connectivity index (χ4v) is 4.31. The number of benzene rings is 1. The number of carbonyl (C=O) groups is 1. The van der Waals surface area contributed by atoms with Crippen LogP contribution >= 0.6 is 0 Å². The number of hydrogen-bond donors (Lipinski definition) is 0. The lowest BCUT2D eigenvalue weighted by molar-refractivity contribution is 0.0789. The first-order chi connectivity index (χ1) is 14.6. The number of fused-ring (bicyclic) bond motifs is 1. The SMILES string of the molecule is Cc1cccn2c(CN3CCCCCC3)c(C(=O)N(C)CCc3ccccc3)nc12. The van der Waals surface area contributed by atoms with Crippen LogP contribution in [-0.4, -0.2) is 51.8 Å². The second-order valence-electron chi connectivity index (χ2n) is 8.44. The molecular weight excluding hydrogens is 372 g/mol. The molecule has 0 aliphatic carbocycles. The van der Waals surface area contributed by atoms with Crippen molar-refractivity contribution in [1.82, 2.24) is 19.2 Å². The van der Waals surface area contributed by atoms with Crippen molar-refractivity contribution in [1.29, 1.82) is 0 Å². The van der Waals surface area contributed by atoms with Gasteiger partial charge in [0.15, 0.2) is 5.69 Å². The van der Waals surface area contributed by atoms with E-state index < -0.39 is 0 Å². The lowest BCUT2D eigenvalue weighted by Gasteiger charge is -2.21. The quantitative estimate of drug-likeness (QED) is 0.614. The standard InChI is InChI=1S/C25H32N4O/c1-20-11-10-17-29-22(19-28-15-8-3-4-9-16-28)23(26-24(20)29)25(30)27(2)18-14-21-12-6-5-7-13-21/h5-7,10-13,17H,3-4,8-9,14-16,18-19H2,1-2H3. The minimum absolute atomic E-state index is 0.0128. The topological polar surface area (TPSA) is 40.9 Å². The van der Waals surface area contributed by atoms with Crippen molar-refractivity contribution in [3.63, 3.8) is 0 Å². The number of likely N-dealkylation sites (N-methyl/N-ethyl adjacent to an activating group) is 1. The van der Waals surface area contributed by atoms with Gasteiger partial charge in [-0.2, -0.15) is 0 Å². The first-order valence-corrected chi connectivity index (χ1v) is 11.1. The molecule has 5 heteroatoms. The molecule has 2 aromatic heterocycles. The van der Waals surface area contributed by atoms with E-state index in [2.05, 4.69) is 34.4 Å². The minimum atomic E-state index is 0.0128. The molecule has 0 bridgehead atoms. The van der Waals surface area contributed by atoms with Crippen LogP contribution in [0.25, 0.3) is 5.65 Å².